The number of nitrogens with one attached hydrogen (secondary N) is 2. The monoisotopic (exact) mass is 388 g/mol. The van der Waals surface area contributed by atoms with Gasteiger partial charge in [0.2, 0.25) is 0 Å². The summed E-state index contributed by atoms with van der Waals surface area (Å²) in [5.74, 6) is 1.52. The van der Waals surface area contributed by atoms with Crippen LogP contribution in [0.4, 0.5) is 11.6 Å². The number of anilines is 2. The largest absolute Gasteiger partial charge is 0.325 e. The van der Waals surface area contributed by atoms with Gasteiger partial charge >= 0.3 is 0 Å². The first kappa shape index (κ1) is 18.2. The number of rotatable bonds is 8. The van der Waals surface area contributed by atoms with Crippen LogP contribution in [0.3, 0.4) is 0 Å². The van der Waals surface area contributed by atoms with Crippen molar-refractivity contribution >= 4 is 23.0 Å². The molecule has 4 aromatic heterocycles. The third-order valence-electron chi connectivity index (χ3n) is 4.09. The summed E-state index contributed by atoms with van der Waals surface area (Å²) in [5.41, 5.74) is 3.09. The maximum absolute atomic E-state index is 4.60. The fourth-order valence-electron chi connectivity index (χ4n) is 2.70. The average molecular weight is 389 g/mol. The van der Waals surface area contributed by atoms with Gasteiger partial charge in [-0.1, -0.05) is 18.2 Å². The Bertz CT molecular complexity index is 987. The van der Waals surface area contributed by atoms with Gasteiger partial charge in [-0.3, -0.25) is 4.98 Å². The van der Waals surface area contributed by atoms with Crippen LogP contribution in [0.2, 0.25) is 0 Å². The van der Waals surface area contributed by atoms with Crippen molar-refractivity contribution in [3.05, 3.63) is 83.8 Å². The van der Waals surface area contributed by atoms with Crippen LogP contribution in [0, 0.1) is 0 Å². The van der Waals surface area contributed by atoms with E-state index in [1.165, 1.54) is 0 Å². The van der Waals surface area contributed by atoms with Crippen LogP contribution < -0.4 is 10.6 Å². The van der Waals surface area contributed by atoms with E-state index in [1.807, 2.05) is 60.2 Å². The highest BCUT2D eigenvalue weighted by Gasteiger charge is 2.04. The van der Waals surface area contributed by atoms with Crippen molar-refractivity contribution in [3.8, 4) is 10.7 Å². The summed E-state index contributed by atoms with van der Waals surface area (Å²) in [7, 11) is 0. The molecule has 0 saturated heterocycles. The molecule has 0 aliphatic heterocycles. The number of nitrogens with zero attached hydrogens (tertiary/aromatic N) is 4. The zero-order valence-electron chi connectivity index (χ0n) is 15.2. The predicted octanol–water partition coefficient (Wildman–Crippen LogP) is 4.07. The minimum Gasteiger partial charge on any atom is -0.325 e. The molecule has 28 heavy (non-hydrogen) atoms. The third-order valence-corrected chi connectivity index (χ3v) is 4.89. The first-order valence-electron chi connectivity index (χ1n) is 9.06. The molecule has 4 rings (SSSR count). The fourth-order valence-corrected chi connectivity index (χ4v) is 3.31. The van der Waals surface area contributed by atoms with Crippen molar-refractivity contribution in [2.75, 3.05) is 11.9 Å². The van der Waals surface area contributed by atoms with Crippen LogP contribution in [-0.4, -0.2) is 26.5 Å². The lowest BCUT2D eigenvalue weighted by Gasteiger charge is -2.08. The van der Waals surface area contributed by atoms with Gasteiger partial charge in [0.05, 0.1) is 0 Å². The van der Waals surface area contributed by atoms with E-state index in [-0.39, 0.29) is 0 Å². The summed E-state index contributed by atoms with van der Waals surface area (Å²) >= 11 is 1.57. The Labute approximate surface area is 167 Å². The Morgan fingerprint density at radius 1 is 0.857 bits per heavy atom. The minimum atomic E-state index is 0.751. The van der Waals surface area contributed by atoms with Gasteiger partial charge in [0.25, 0.3) is 0 Å². The summed E-state index contributed by atoms with van der Waals surface area (Å²) < 4.78 is 0. The smallest absolute Gasteiger partial charge is 0.141 e. The van der Waals surface area contributed by atoms with Crippen LogP contribution in [0.1, 0.15) is 11.3 Å². The van der Waals surface area contributed by atoms with E-state index in [0.29, 0.717) is 0 Å². The van der Waals surface area contributed by atoms with E-state index < -0.39 is 0 Å². The topological polar surface area (TPSA) is 75.6 Å². The molecule has 4 heterocycles. The van der Waals surface area contributed by atoms with E-state index in [4.69, 9.17) is 0 Å². The molecule has 0 radical (unpaired) electrons. The maximum Gasteiger partial charge on any atom is 0.141 e. The molecule has 140 valence electrons. The molecule has 0 aliphatic rings. The first-order chi connectivity index (χ1) is 13.9. The van der Waals surface area contributed by atoms with Crippen LogP contribution in [0.5, 0.6) is 0 Å². The number of hydrogen-bond donors (Lipinski definition) is 2. The molecular weight excluding hydrogens is 368 g/mol. The molecule has 2 N–H and O–H groups in total. The Kier molecular flexibility index (Phi) is 5.96. The van der Waals surface area contributed by atoms with Crippen molar-refractivity contribution in [1.82, 2.24) is 25.3 Å². The highest BCUT2D eigenvalue weighted by Crippen LogP contribution is 2.22. The second kappa shape index (κ2) is 9.16. The van der Waals surface area contributed by atoms with Crippen LogP contribution in [0.15, 0.2) is 72.5 Å². The second-order valence-corrected chi connectivity index (χ2v) is 7.06. The number of hydrogen-bond acceptors (Lipinski definition) is 7. The van der Waals surface area contributed by atoms with Gasteiger partial charge in [0, 0.05) is 49.2 Å². The molecule has 0 bridgehead atoms. The Morgan fingerprint density at radius 2 is 1.86 bits per heavy atom. The maximum atomic E-state index is 4.60. The molecule has 0 spiro atoms. The van der Waals surface area contributed by atoms with Crippen LogP contribution in [-0.2, 0) is 13.0 Å². The van der Waals surface area contributed by atoms with Crippen molar-refractivity contribution < 1.29 is 0 Å². The minimum absolute atomic E-state index is 0.751. The zero-order valence-corrected chi connectivity index (χ0v) is 16.1. The van der Waals surface area contributed by atoms with Crippen LogP contribution in [0.25, 0.3) is 10.7 Å². The number of thiazole rings is 1. The summed E-state index contributed by atoms with van der Waals surface area (Å²) in [5, 5.41) is 9.52. The molecule has 6 nitrogen and oxygen atoms in total. The highest BCUT2D eigenvalue weighted by molar-refractivity contribution is 7.13. The van der Waals surface area contributed by atoms with Crippen molar-refractivity contribution in [1.29, 1.82) is 0 Å². The molecule has 4 aromatic rings. The van der Waals surface area contributed by atoms with E-state index in [9.17, 15) is 0 Å². The molecule has 0 aliphatic carbocycles. The van der Waals surface area contributed by atoms with Crippen molar-refractivity contribution in [3.63, 3.8) is 0 Å². The summed E-state index contributed by atoms with van der Waals surface area (Å²) in [4.78, 5) is 17.7. The molecule has 0 atom stereocenters. The standard InChI is InChI=1S/C21H20N6S/c1-2-10-23-17(4-1)9-11-22-14-16-7-8-19(25-15-16)27-20-6-3-5-18(26-20)21-24-12-13-28-21/h1-8,10,12-13,15,22H,9,11,14H2,(H,25,26,27). The van der Waals surface area contributed by atoms with Gasteiger partial charge in [0.15, 0.2) is 0 Å². The Morgan fingerprint density at radius 3 is 2.64 bits per heavy atom. The van der Waals surface area contributed by atoms with Gasteiger partial charge < -0.3 is 10.6 Å². The van der Waals surface area contributed by atoms with Crippen LogP contribution >= 0.6 is 11.3 Å². The molecular formula is C21H20N6S. The zero-order chi connectivity index (χ0) is 19.0. The number of pyridine rings is 3. The SMILES string of the molecule is c1ccc(CCNCc2ccc(Nc3cccc(-c4nccs4)n3)nc2)nc1. The molecule has 7 heteroatoms. The molecule has 0 unspecified atom stereocenters. The van der Waals surface area contributed by atoms with Gasteiger partial charge in [-0.15, -0.1) is 11.3 Å². The highest BCUT2D eigenvalue weighted by atomic mass is 32.1. The molecule has 0 amide bonds. The van der Waals surface area contributed by atoms with E-state index >= 15 is 0 Å². The summed E-state index contributed by atoms with van der Waals surface area (Å²) in [6, 6.07) is 15.9. The summed E-state index contributed by atoms with van der Waals surface area (Å²) in [6.07, 6.45) is 6.40. The van der Waals surface area contributed by atoms with Crippen molar-refractivity contribution in [2.24, 2.45) is 0 Å². The lowest BCUT2D eigenvalue weighted by Crippen LogP contribution is -2.17. The lowest BCUT2D eigenvalue weighted by molar-refractivity contribution is 0.678. The van der Waals surface area contributed by atoms with E-state index in [1.54, 1.807) is 17.5 Å². The molecule has 0 fully saturated rings. The Hall–Kier alpha value is -3.16. The lowest BCUT2D eigenvalue weighted by atomic mass is 10.2. The van der Waals surface area contributed by atoms with Gasteiger partial charge in [0.1, 0.15) is 22.3 Å². The quantitative estimate of drug-likeness (QED) is 0.443. The van der Waals surface area contributed by atoms with Crippen molar-refractivity contribution in [2.45, 2.75) is 13.0 Å². The third kappa shape index (κ3) is 4.97. The average Bonchev–Trinajstić information content (AvgIpc) is 3.28. The van der Waals surface area contributed by atoms with E-state index in [0.717, 1.165) is 53.1 Å². The first-order valence-corrected chi connectivity index (χ1v) is 9.94. The summed E-state index contributed by atoms with van der Waals surface area (Å²) in [6.45, 7) is 1.66. The molecule has 0 saturated carbocycles. The predicted molar refractivity (Wildman–Crippen MR) is 113 cm³/mol. The van der Waals surface area contributed by atoms with Gasteiger partial charge in [-0.2, -0.15) is 0 Å². The molecule has 0 aromatic carbocycles. The van der Waals surface area contributed by atoms with E-state index in [2.05, 4.69) is 36.6 Å². The normalized spacial score (nSPS) is 10.7. The number of aromatic nitrogens is 4. The van der Waals surface area contributed by atoms with Gasteiger partial charge in [-0.25, -0.2) is 15.0 Å². The Balaban J connectivity index is 1.29. The fraction of sp³-hybridized carbons (Fsp3) is 0.143. The second-order valence-electron chi connectivity index (χ2n) is 6.17. The van der Waals surface area contributed by atoms with Gasteiger partial charge in [-0.05, 0) is 35.9 Å².